The minimum absolute atomic E-state index is 0.107. The Kier molecular flexibility index (Phi) is 6.72. The summed E-state index contributed by atoms with van der Waals surface area (Å²) in [6, 6.07) is -0.208. The van der Waals surface area contributed by atoms with Crippen molar-refractivity contribution in [3.8, 4) is 0 Å². The Hall–Kier alpha value is -1.10. The number of nitrogens with one attached hydrogen (secondary N) is 2. The number of carbonyl (C=O) groups excluding carboxylic acids is 2. The van der Waals surface area contributed by atoms with Gasteiger partial charge in [-0.05, 0) is 19.3 Å². The van der Waals surface area contributed by atoms with Gasteiger partial charge in [0, 0.05) is 12.6 Å². The summed E-state index contributed by atoms with van der Waals surface area (Å²) >= 11 is 0. The molecule has 1 unspecified atom stereocenters. The molecular formula is C13H25N3O2. The summed E-state index contributed by atoms with van der Waals surface area (Å²) in [6.45, 7) is 2.64. The van der Waals surface area contributed by atoms with Gasteiger partial charge in [0.2, 0.25) is 11.8 Å². The average molecular weight is 255 g/mol. The maximum Gasteiger partial charge on any atom is 0.235 e. The fourth-order valence-corrected chi connectivity index (χ4v) is 2.32. The highest BCUT2D eigenvalue weighted by Crippen LogP contribution is 2.18. The van der Waals surface area contributed by atoms with Crippen molar-refractivity contribution in [2.75, 3.05) is 6.54 Å². The van der Waals surface area contributed by atoms with Crippen molar-refractivity contribution in [1.82, 2.24) is 10.6 Å². The van der Waals surface area contributed by atoms with Gasteiger partial charge in [-0.15, -0.1) is 0 Å². The lowest BCUT2D eigenvalue weighted by molar-refractivity contribution is -0.127. The van der Waals surface area contributed by atoms with Gasteiger partial charge in [-0.3, -0.25) is 9.59 Å². The van der Waals surface area contributed by atoms with Gasteiger partial charge in [0.05, 0.1) is 12.5 Å². The lowest BCUT2D eigenvalue weighted by Gasteiger charge is -2.26. The maximum absolute atomic E-state index is 11.6. The number of primary amides is 1. The number of hydrogen-bond acceptors (Lipinski definition) is 3. The van der Waals surface area contributed by atoms with E-state index in [0.29, 0.717) is 12.6 Å². The molecule has 0 radical (unpaired) electrons. The second-order valence-corrected chi connectivity index (χ2v) is 5.01. The van der Waals surface area contributed by atoms with E-state index in [1.807, 2.05) is 6.92 Å². The topological polar surface area (TPSA) is 84.2 Å². The van der Waals surface area contributed by atoms with Crippen LogP contribution in [-0.4, -0.2) is 30.4 Å². The van der Waals surface area contributed by atoms with Gasteiger partial charge in [-0.2, -0.15) is 0 Å². The van der Waals surface area contributed by atoms with E-state index in [9.17, 15) is 9.59 Å². The van der Waals surface area contributed by atoms with Crippen molar-refractivity contribution < 1.29 is 9.59 Å². The van der Waals surface area contributed by atoms with Gasteiger partial charge in [-0.1, -0.05) is 26.2 Å². The summed E-state index contributed by atoms with van der Waals surface area (Å²) in [4.78, 5) is 23.0. The summed E-state index contributed by atoms with van der Waals surface area (Å²) in [5, 5.41) is 6.00. The molecule has 0 spiro atoms. The molecule has 1 aliphatic rings. The van der Waals surface area contributed by atoms with Crippen molar-refractivity contribution >= 4 is 11.8 Å². The van der Waals surface area contributed by atoms with Gasteiger partial charge < -0.3 is 16.4 Å². The summed E-state index contributed by atoms with van der Waals surface area (Å²) in [5.41, 5.74) is 5.35. The Morgan fingerprint density at radius 1 is 1.28 bits per heavy atom. The van der Waals surface area contributed by atoms with E-state index < -0.39 is 11.9 Å². The van der Waals surface area contributed by atoms with Gasteiger partial charge in [-0.25, -0.2) is 0 Å². The average Bonchev–Trinajstić information content (AvgIpc) is 2.36. The third kappa shape index (κ3) is 5.49. The van der Waals surface area contributed by atoms with Gasteiger partial charge in [0.1, 0.15) is 0 Å². The normalized spacial score (nSPS) is 18.3. The van der Waals surface area contributed by atoms with E-state index in [0.717, 1.165) is 19.3 Å². The van der Waals surface area contributed by atoms with Crippen LogP contribution in [0.5, 0.6) is 0 Å². The third-order valence-electron chi connectivity index (χ3n) is 3.35. The van der Waals surface area contributed by atoms with Crippen molar-refractivity contribution in [1.29, 1.82) is 0 Å². The Labute approximate surface area is 109 Å². The fourth-order valence-electron chi connectivity index (χ4n) is 2.32. The largest absolute Gasteiger partial charge is 0.368 e. The predicted octanol–water partition coefficient (Wildman–Crippen LogP) is 0.679. The summed E-state index contributed by atoms with van der Waals surface area (Å²) in [7, 11) is 0. The van der Waals surface area contributed by atoms with E-state index in [1.54, 1.807) is 0 Å². The molecular weight excluding hydrogens is 230 g/mol. The van der Waals surface area contributed by atoms with E-state index in [-0.39, 0.29) is 12.3 Å². The second kappa shape index (κ2) is 8.08. The Morgan fingerprint density at radius 2 is 1.94 bits per heavy atom. The quantitative estimate of drug-likeness (QED) is 0.625. The molecule has 1 fully saturated rings. The van der Waals surface area contributed by atoms with Crippen LogP contribution in [0.4, 0.5) is 0 Å². The standard InChI is InChI=1S/C13H25N3O2/c1-2-8-15-12(17)9-11(13(14)18)16-10-6-4-3-5-7-10/h10-11,16H,2-9H2,1H3,(H2,14,18)(H,15,17). The maximum atomic E-state index is 11.6. The van der Waals surface area contributed by atoms with Crippen molar-refractivity contribution in [2.24, 2.45) is 5.73 Å². The first-order valence-electron chi connectivity index (χ1n) is 6.95. The van der Waals surface area contributed by atoms with E-state index in [4.69, 9.17) is 5.73 Å². The number of hydrogen-bond donors (Lipinski definition) is 3. The number of nitrogens with two attached hydrogens (primary N) is 1. The van der Waals surface area contributed by atoms with Crippen LogP contribution in [-0.2, 0) is 9.59 Å². The van der Waals surface area contributed by atoms with Crippen LogP contribution in [0, 0.1) is 0 Å². The number of rotatable bonds is 7. The van der Waals surface area contributed by atoms with Crippen molar-refractivity contribution in [2.45, 2.75) is 64.0 Å². The molecule has 1 rings (SSSR count). The van der Waals surface area contributed by atoms with E-state index in [1.165, 1.54) is 19.3 Å². The van der Waals surface area contributed by atoms with Gasteiger partial charge >= 0.3 is 0 Å². The molecule has 104 valence electrons. The predicted molar refractivity (Wildman–Crippen MR) is 70.9 cm³/mol. The molecule has 1 atom stereocenters. The smallest absolute Gasteiger partial charge is 0.235 e. The first kappa shape index (κ1) is 15.0. The third-order valence-corrected chi connectivity index (χ3v) is 3.35. The molecule has 1 saturated carbocycles. The molecule has 0 aromatic rings. The fraction of sp³-hybridized carbons (Fsp3) is 0.846. The molecule has 0 saturated heterocycles. The molecule has 0 heterocycles. The van der Waals surface area contributed by atoms with Crippen LogP contribution in [0.15, 0.2) is 0 Å². The first-order chi connectivity index (χ1) is 8.63. The molecule has 1 aliphatic carbocycles. The van der Waals surface area contributed by atoms with Crippen molar-refractivity contribution in [3.05, 3.63) is 0 Å². The van der Waals surface area contributed by atoms with Gasteiger partial charge in [0.25, 0.3) is 0 Å². The lowest BCUT2D eigenvalue weighted by atomic mass is 9.94. The Bertz CT molecular complexity index is 275. The first-order valence-corrected chi connectivity index (χ1v) is 6.95. The summed E-state index contributed by atoms with van der Waals surface area (Å²) in [5.74, 6) is -0.545. The van der Waals surface area contributed by atoms with Crippen LogP contribution in [0.2, 0.25) is 0 Å². The minimum Gasteiger partial charge on any atom is -0.368 e. The Balaban J connectivity index is 2.38. The second-order valence-electron chi connectivity index (χ2n) is 5.01. The molecule has 0 aromatic heterocycles. The monoisotopic (exact) mass is 255 g/mol. The van der Waals surface area contributed by atoms with Crippen LogP contribution in [0.1, 0.15) is 51.9 Å². The minimum atomic E-state index is -0.537. The van der Waals surface area contributed by atoms with Gasteiger partial charge in [0.15, 0.2) is 0 Å². The lowest BCUT2D eigenvalue weighted by Crippen LogP contribution is -2.49. The van der Waals surface area contributed by atoms with E-state index >= 15 is 0 Å². The molecule has 0 aromatic carbocycles. The van der Waals surface area contributed by atoms with Crippen molar-refractivity contribution in [3.63, 3.8) is 0 Å². The summed E-state index contributed by atoms with van der Waals surface area (Å²) < 4.78 is 0. The van der Waals surface area contributed by atoms with Crippen LogP contribution in [0.25, 0.3) is 0 Å². The SMILES string of the molecule is CCCNC(=O)CC(NC1CCCCC1)C(N)=O. The molecule has 2 amide bonds. The van der Waals surface area contributed by atoms with Crippen LogP contribution < -0.4 is 16.4 Å². The molecule has 18 heavy (non-hydrogen) atoms. The van der Waals surface area contributed by atoms with Crippen LogP contribution >= 0.6 is 0 Å². The highest BCUT2D eigenvalue weighted by molar-refractivity contribution is 5.87. The molecule has 4 N–H and O–H groups in total. The number of carbonyl (C=O) groups is 2. The van der Waals surface area contributed by atoms with Crippen LogP contribution in [0.3, 0.4) is 0 Å². The molecule has 0 aliphatic heterocycles. The highest BCUT2D eigenvalue weighted by Gasteiger charge is 2.23. The summed E-state index contributed by atoms with van der Waals surface area (Å²) in [6.07, 6.45) is 6.81. The number of amides is 2. The highest BCUT2D eigenvalue weighted by atomic mass is 16.2. The molecule has 0 bridgehead atoms. The zero-order chi connectivity index (χ0) is 13.4. The molecule has 5 heteroatoms. The zero-order valence-corrected chi connectivity index (χ0v) is 11.2. The zero-order valence-electron chi connectivity index (χ0n) is 11.2. The van der Waals surface area contributed by atoms with E-state index in [2.05, 4.69) is 10.6 Å². The Morgan fingerprint density at radius 3 is 2.50 bits per heavy atom. The molecule has 5 nitrogen and oxygen atoms in total.